The van der Waals surface area contributed by atoms with Crippen LogP contribution in [0.25, 0.3) is 0 Å². The molecule has 1 unspecified atom stereocenters. The number of hydrogen-bond donors (Lipinski definition) is 1. The Hall–Kier alpha value is -0.120. The van der Waals surface area contributed by atoms with Gasteiger partial charge in [0.05, 0.1) is 6.61 Å². The van der Waals surface area contributed by atoms with E-state index < -0.39 is 0 Å². The fourth-order valence-corrected chi connectivity index (χ4v) is 2.19. The van der Waals surface area contributed by atoms with Gasteiger partial charge in [0.25, 0.3) is 0 Å². The van der Waals surface area contributed by atoms with Crippen LogP contribution in [0.1, 0.15) is 34.1 Å². The summed E-state index contributed by atoms with van der Waals surface area (Å²) < 4.78 is 5.67. The van der Waals surface area contributed by atoms with Gasteiger partial charge in [-0.3, -0.25) is 4.90 Å². The van der Waals surface area contributed by atoms with Crippen molar-refractivity contribution in [3.05, 3.63) is 0 Å². The molecular formula is C14H30N2O. The fraction of sp³-hybridized carbons (Fsp3) is 1.00. The van der Waals surface area contributed by atoms with Gasteiger partial charge in [-0.2, -0.15) is 0 Å². The number of rotatable bonds is 6. The van der Waals surface area contributed by atoms with E-state index >= 15 is 0 Å². The lowest BCUT2D eigenvalue weighted by atomic mass is 10.0. The molecule has 0 aromatic heterocycles. The van der Waals surface area contributed by atoms with E-state index in [9.17, 15) is 0 Å². The standard InChI is InChI=1S/C14H30N2O/c1-12(2)11-17-9-8-16-7-5-6-15-14(10-16)13(3)4/h12-15H,5-11H2,1-4H3. The van der Waals surface area contributed by atoms with Gasteiger partial charge in [0, 0.05) is 25.7 Å². The monoisotopic (exact) mass is 242 g/mol. The molecule has 1 aliphatic heterocycles. The summed E-state index contributed by atoms with van der Waals surface area (Å²) in [5, 5.41) is 3.64. The van der Waals surface area contributed by atoms with Crippen LogP contribution in [0.2, 0.25) is 0 Å². The van der Waals surface area contributed by atoms with Gasteiger partial charge in [0.1, 0.15) is 0 Å². The topological polar surface area (TPSA) is 24.5 Å². The Balaban J connectivity index is 2.21. The quantitative estimate of drug-likeness (QED) is 0.721. The maximum absolute atomic E-state index is 5.67. The summed E-state index contributed by atoms with van der Waals surface area (Å²) in [6.45, 7) is 15.4. The second-order valence-corrected chi connectivity index (χ2v) is 5.93. The third-order valence-corrected chi connectivity index (χ3v) is 3.32. The molecule has 0 amide bonds. The zero-order valence-electron chi connectivity index (χ0n) is 12.0. The van der Waals surface area contributed by atoms with Gasteiger partial charge in [-0.1, -0.05) is 27.7 Å². The first kappa shape index (κ1) is 14.9. The highest BCUT2D eigenvalue weighted by Gasteiger charge is 2.19. The molecule has 3 nitrogen and oxygen atoms in total. The first-order chi connectivity index (χ1) is 8.09. The highest BCUT2D eigenvalue weighted by Crippen LogP contribution is 2.08. The summed E-state index contributed by atoms with van der Waals surface area (Å²) in [6.07, 6.45) is 1.26. The van der Waals surface area contributed by atoms with E-state index in [1.54, 1.807) is 0 Å². The van der Waals surface area contributed by atoms with Crippen molar-refractivity contribution in [3.8, 4) is 0 Å². The molecule has 102 valence electrons. The normalized spacial score (nSPS) is 23.3. The van der Waals surface area contributed by atoms with Crippen molar-refractivity contribution in [2.75, 3.05) is 39.4 Å². The molecule has 17 heavy (non-hydrogen) atoms. The van der Waals surface area contributed by atoms with Crippen molar-refractivity contribution in [2.45, 2.75) is 40.2 Å². The van der Waals surface area contributed by atoms with Gasteiger partial charge in [-0.15, -0.1) is 0 Å². The van der Waals surface area contributed by atoms with Gasteiger partial charge < -0.3 is 10.1 Å². The van der Waals surface area contributed by atoms with Gasteiger partial charge >= 0.3 is 0 Å². The third-order valence-electron chi connectivity index (χ3n) is 3.32. The average Bonchev–Trinajstić information content (AvgIpc) is 2.49. The minimum Gasteiger partial charge on any atom is -0.380 e. The minimum atomic E-state index is 0.641. The average molecular weight is 242 g/mol. The summed E-state index contributed by atoms with van der Waals surface area (Å²) >= 11 is 0. The lowest BCUT2D eigenvalue weighted by Gasteiger charge is -2.26. The van der Waals surface area contributed by atoms with E-state index in [4.69, 9.17) is 4.74 Å². The summed E-state index contributed by atoms with van der Waals surface area (Å²) in [5.41, 5.74) is 0. The van der Waals surface area contributed by atoms with E-state index in [0.29, 0.717) is 17.9 Å². The van der Waals surface area contributed by atoms with Crippen molar-refractivity contribution in [3.63, 3.8) is 0 Å². The molecule has 1 heterocycles. The molecule has 0 aromatic carbocycles. The lowest BCUT2D eigenvalue weighted by Crippen LogP contribution is -2.42. The molecule has 0 aromatic rings. The van der Waals surface area contributed by atoms with E-state index in [2.05, 4.69) is 37.9 Å². The maximum atomic E-state index is 5.67. The van der Waals surface area contributed by atoms with Crippen LogP contribution in [-0.4, -0.2) is 50.3 Å². The molecule has 0 aliphatic carbocycles. The highest BCUT2D eigenvalue weighted by molar-refractivity contribution is 4.78. The van der Waals surface area contributed by atoms with Gasteiger partial charge in [0.15, 0.2) is 0 Å². The predicted molar refractivity (Wildman–Crippen MR) is 73.3 cm³/mol. The van der Waals surface area contributed by atoms with Crippen LogP contribution in [0, 0.1) is 11.8 Å². The fourth-order valence-electron chi connectivity index (χ4n) is 2.19. The van der Waals surface area contributed by atoms with Crippen LogP contribution >= 0.6 is 0 Å². The molecule has 0 bridgehead atoms. The Bertz CT molecular complexity index is 195. The van der Waals surface area contributed by atoms with Gasteiger partial charge in [-0.25, -0.2) is 0 Å². The zero-order valence-corrected chi connectivity index (χ0v) is 12.0. The van der Waals surface area contributed by atoms with Crippen molar-refractivity contribution >= 4 is 0 Å². The molecule has 0 saturated carbocycles. The van der Waals surface area contributed by atoms with Gasteiger partial charge in [-0.05, 0) is 31.3 Å². The Labute approximate surface area is 107 Å². The summed E-state index contributed by atoms with van der Waals surface area (Å²) in [7, 11) is 0. The van der Waals surface area contributed by atoms with Crippen molar-refractivity contribution in [1.82, 2.24) is 10.2 Å². The Kier molecular flexibility index (Phi) is 7.09. The molecule has 1 atom stereocenters. The first-order valence-corrected chi connectivity index (χ1v) is 7.13. The van der Waals surface area contributed by atoms with Crippen LogP contribution in [0.3, 0.4) is 0 Å². The number of nitrogens with one attached hydrogen (secondary N) is 1. The molecule has 1 fully saturated rings. The van der Waals surface area contributed by atoms with E-state index in [1.807, 2.05) is 0 Å². The largest absolute Gasteiger partial charge is 0.380 e. The van der Waals surface area contributed by atoms with Crippen LogP contribution < -0.4 is 5.32 Å². The van der Waals surface area contributed by atoms with Crippen LogP contribution in [0.4, 0.5) is 0 Å². The van der Waals surface area contributed by atoms with E-state index in [-0.39, 0.29) is 0 Å². The Morgan fingerprint density at radius 3 is 2.71 bits per heavy atom. The summed E-state index contributed by atoms with van der Waals surface area (Å²) in [5.74, 6) is 1.36. The van der Waals surface area contributed by atoms with Gasteiger partial charge in [0.2, 0.25) is 0 Å². The van der Waals surface area contributed by atoms with Crippen molar-refractivity contribution in [2.24, 2.45) is 11.8 Å². The van der Waals surface area contributed by atoms with E-state index in [0.717, 1.165) is 26.3 Å². The second kappa shape index (κ2) is 8.06. The molecule has 1 rings (SSSR count). The van der Waals surface area contributed by atoms with Crippen LogP contribution in [0.5, 0.6) is 0 Å². The zero-order chi connectivity index (χ0) is 12.7. The Morgan fingerprint density at radius 2 is 2.06 bits per heavy atom. The predicted octanol–water partition coefficient (Wildman–Crippen LogP) is 1.98. The highest BCUT2D eigenvalue weighted by atomic mass is 16.5. The van der Waals surface area contributed by atoms with Crippen LogP contribution in [-0.2, 0) is 4.74 Å². The molecular weight excluding hydrogens is 212 g/mol. The third kappa shape index (κ3) is 6.39. The molecule has 1 saturated heterocycles. The molecule has 1 aliphatic rings. The first-order valence-electron chi connectivity index (χ1n) is 7.13. The lowest BCUT2D eigenvalue weighted by molar-refractivity contribution is 0.0836. The van der Waals surface area contributed by atoms with Crippen LogP contribution in [0.15, 0.2) is 0 Å². The smallest absolute Gasteiger partial charge is 0.0593 e. The second-order valence-electron chi connectivity index (χ2n) is 5.93. The van der Waals surface area contributed by atoms with E-state index in [1.165, 1.54) is 19.5 Å². The number of hydrogen-bond acceptors (Lipinski definition) is 3. The molecule has 0 radical (unpaired) electrons. The minimum absolute atomic E-state index is 0.641. The number of nitrogens with zero attached hydrogens (tertiary/aromatic N) is 1. The molecule has 1 N–H and O–H groups in total. The molecule has 0 spiro atoms. The van der Waals surface area contributed by atoms with Crippen molar-refractivity contribution < 1.29 is 4.74 Å². The number of ether oxygens (including phenoxy) is 1. The molecule has 3 heteroatoms. The maximum Gasteiger partial charge on any atom is 0.0593 e. The summed E-state index contributed by atoms with van der Waals surface area (Å²) in [4.78, 5) is 2.55. The Morgan fingerprint density at radius 1 is 1.29 bits per heavy atom. The van der Waals surface area contributed by atoms with Crippen molar-refractivity contribution in [1.29, 1.82) is 0 Å². The summed E-state index contributed by atoms with van der Waals surface area (Å²) in [6, 6.07) is 0.641. The SMILES string of the molecule is CC(C)COCCN1CCCNC(C(C)C)C1.